The van der Waals surface area contributed by atoms with E-state index in [1.54, 1.807) is 24.3 Å². The number of hydrogen-bond acceptors (Lipinski definition) is 4. The molecule has 1 aliphatic heterocycles. The van der Waals surface area contributed by atoms with Gasteiger partial charge in [0.2, 0.25) is 0 Å². The molecule has 0 bridgehead atoms. The highest BCUT2D eigenvalue weighted by Crippen LogP contribution is 2.32. The van der Waals surface area contributed by atoms with Crippen molar-refractivity contribution in [1.29, 1.82) is 0 Å². The molecule has 1 fully saturated rings. The highest BCUT2D eigenvalue weighted by molar-refractivity contribution is 8.18. The van der Waals surface area contributed by atoms with Crippen molar-refractivity contribution in [3.05, 3.63) is 75.4 Å². The zero-order chi connectivity index (χ0) is 20.3. The average Bonchev–Trinajstić information content (AvgIpc) is 2.93. The van der Waals surface area contributed by atoms with Crippen molar-refractivity contribution in [2.24, 2.45) is 0 Å². The summed E-state index contributed by atoms with van der Waals surface area (Å²) < 4.78 is 13.8. The van der Waals surface area contributed by atoms with Crippen molar-refractivity contribution in [2.45, 2.75) is 13.8 Å². The summed E-state index contributed by atoms with van der Waals surface area (Å²) in [7, 11) is 0. The molecule has 28 heavy (non-hydrogen) atoms. The molecular formula is C21H19FN2O3S. The van der Waals surface area contributed by atoms with Gasteiger partial charge in [-0.05, 0) is 61.0 Å². The molecule has 0 radical (unpaired) electrons. The minimum atomic E-state index is -0.487. The van der Waals surface area contributed by atoms with E-state index in [0.717, 1.165) is 27.8 Å². The molecule has 0 atom stereocenters. The Balaban J connectivity index is 1.61. The Bertz CT molecular complexity index is 987. The summed E-state index contributed by atoms with van der Waals surface area (Å²) in [5.41, 5.74) is 2.88. The van der Waals surface area contributed by atoms with E-state index in [2.05, 4.69) is 5.32 Å². The Morgan fingerprint density at radius 3 is 2.61 bits per heavy atom. The van der Waals surface area contributed by atoms with Gasteiger partial charge in [-0.2, -0.15) is 0 Å². The van der Waals surface area contributed by atoms with Gasteiger partial charge in [-0.25, -0.2) is 4.39 Å². The van der Waals surface area contributed by atoms with Crippen molar-refractivity contribution in [2.75, 3.05) is 13.1 Å². The minimum absolute atomic E-state index is 0.0515. The van der Waals surface area contributed by atoms with Crippen LogP contribution in [0.15, 0.2) is 47.4 Å². The lowest BCUT2D eigenvalue weighted by molar-refractivity contribution is -0.122. The molecule has 3 amide bonds. The quantitative estimate of drug-likeness (QED) is 0.776. The van der Waals surface area contributed by atoms with E-state index in [0.29, 0.717) is 5.56 Å². The van der Waals surface area contributed by atoms with Gasteiger partial charge in [0, 0.05) is 24.2 Å². The van der Waals surface area contributed by atoms with Crippen LogP contribution in [0.1, 0.15) is 27.0 Å². The molecule has 5 nitrogen and oxygen atoms in total. The van der Waals surface area contributed by atoms with E-state index in [9.17, 15) is 18.8 Å². The summed E-state index contributed by atoms with van der Waals surface area (Å²) in [6, 6.07) is 11.4. The number of nitrogens with one attached hydrogen (secondary N) is 1. The van der Waals surface area contributed by atoms with E-state index < -0.39 is 17.0 Å². The molecule has 0 spiro atoms. The van der Waals surface area contributed by atoms with Gasteiger partial charge in [0.25, 0.3) is 17.1 Å². The highest BCUT2D eigenvalue weighted by atomic mass is 32.2. The first-order valence-electron chi connectivity index (χ1n) is 8.72. The van der Waals surface area contributed by atoms with Crippen LogP contribution in [-0.2, 0) is 4.79 Å². The Labute approximate surface area is 166 Å². The largest absolute Gasteiger partial charge is 0.350 e. The molecule has 0 unspecified atom stereocenters. The number of aryl methyl sites for hydroxylation is 2. The number of hydrogen-bond donors (Lipinski definition) is 1. The Morgan fingerprint density at radius 2 is 1.89 bits per heavy atom. The lowest BCUT2D eigenvalue weighted by Gasteiger charge is -2.13. The van der Waals surface area contributed by atoms with E-state index in [4.69, 9.17) is 0 Å². The number of imide groups is 1. The molecule has 2 aromatic carbocycles. The maximum absolute atomic E-state index is 13.8. The number of halogens is 1. The fraction of sp³-hybridized carbons (Fsp3) is 0.190. The van der Waals surface area contributed by atoms with Crippen LogP contribution in [0.4, 0.5) is 9.18 Å². The fourth-order valence-electron chi connectivity index (χ4n) is 2.69. The lowest BCUT2D eigenvalue weighted by atomic mass is 10.1. The fourth-order valence-corrected chi connectivity index (χ4v) is 3.55. The Morgan fingerprint density at radius 1 is 1.14 bits per heavy atom. The summed E-state index contributed by atoms with van der Waals surface area (Å²) in [4.78, 5) is 38.0. The molecule has 2 aromatic rings. The van der Waals surface area contributed by atoms with Crippen molar-refractivity contribution >= 4 is 34.9 Å². The highest BCUT2D eigenvalue weighted by Gasteiger charge is 2.34. The maximum atomic E-state index is 13.8. The molecule has 1 aliphatic rings. The number of carbonyl (C=O) groups is 3. The van der Waals surface area contributed by atoms with Crippen LogP contribution < -0.4 is 5.32 Å². The molecule has 1 heterocycles. The number of benzene rings is 2. The molecule has 144 valence electrons. The first-order valence-corrected chi connectivity index (χ1v) is 9.54. The number of rotatable bonds is 5. The van der Waals surface area contributed by atoms with E-state index in [-0.39, 0.29) is 29.5 Å². The topological polar surface area (TPSA) is 66.5 Å². The number of amides is 3. The normalized spacial score (nSPS) is 15.4. The van der Waals surface area contributed by atoms with Gasteiger partial charge in [0.1, 0.15) is 5.82 Å². The number of nitrogens with zero attached hydrogens (tertiary/aromatic N) is 1. The molecule has 7 heteroatoms. The Hall–Kier alpha value is -2.93. The average molecular weight is 398 g/mol. The zero-order valence-corrected chi connectivity index (χ0v) is 16.3. The van der Waals surface area contributed by atoms with Gasteiger partial charge in [0.05, 0.1) is 4.91 Å². The van der Waals surface area contributed by atoms with Gasteiger partial charge < -0.3 is 5.32 Å². The van der Waals surface area contributed by atoms with Crippen LogP contribution in [0.2, 0.25) is 0 Å². The lowest BCUT2D eigenvalue weighted by Crippen LogP contribution is -2.37. The molecule has 3 rings (SSSR count). The van der Waals surface area contributed by atoms with Crippen molar-refractivity contribution in [3.63, 3.8) is 0 Å². The molecular weight excluding hydrogens is 379 g/mol. The predicted octanol–water partition coefficient (Wildman–Crippen LogP) is 3.91. The SMILES string of the molecule is Cc1ccc(C(=O)NCCN2C(=O)S/C(=C\c3ccccc3F)C2=O)cc1C. The molecule has 0 aliphatic carbocycles. The van der Waals surface area contributed by atoms with Crippen molar-refractivity contribution in [1.82, 2.24) is 10.2 Å². The summed E-state index contributed by atoms with van der Waals surface area (Å²) in [5.74, 6) is -1.22. The van der Waals surface area contributed by atoms with Gasteiger partial charge in [0.15, 0.2) is 0 Å². The van der Waals surface area contributed by atoms with E-state index >= 15 is 0 Å². The third kappa shape index (κ3) is 4.31. The van der Waals surface area contributed by atoms with Gasteiger partial charge >= 0.3 is 0 Å². The molecule has 0 aromatic heterocycles. The second-order valence-corrected chi connectivity index (χ2v) is 7.40. The predicted molar refractivity (Wildman–Crippen MR) is 107 cm³/mol. The van der Waals surface area contributed by atoms with Crippen LogP contribution in [0.3, 0.4) is 0 Å². The first kappa shape index (κ1) is 19.8. The smallest absolute Gasteiger partial charge is 0.293 e. The van der Waals surface area contributed by atoms with Crippen LogP contribution in [0, 0.1) is 19.7 Å². The van der Waals surface area contributed by atoms with Crippen LogP contribution >= 0.6 is 11.8 Å². The van der Waals surface area contributed by atoms with E-state index in [1.165, 1.54) is 18.2 Å². The maximum Gasteiger partial charge on any atom is 0.293 e. The van der Waals surface area contributed by atoms with E-state index in [1.807, 2.05) is 19.9 Å². The summed E-state index contributed by atoms with van der Waals surface area (Å²) in [5, 5.41) is 2.28. The van der Waals surface area contributed by atoms with Gasteiger partial charge in [-0.15, -0.1) is 0 Å². The minimum Gasteiger partial charge on any atom is -0.350 e. The second kappa shape index (κ2) is 8.39. The third-order valence-electron chi connectivity index (χ3n) is 4.46. The van der Waals surface area contributed by atoms with Gasteiger partial charge in [-0.3, -0.25) is 19.3 Å². The summed E-state index contributed by atoms with van der Waals surface area (Å²) >= 11 is 0.763. The zero-order valence-electron chi connectivity index (χ0n) is 15.5. The van der Waals surface area contributed by atoms with Gasteiger partial charge in [-0.1, -0.05) is 24.3 Å². The van der Waals surface area contributed by atoms with Crippen LogP contribution in [-0.4, -0.2) is 35.0 Å². The monoisotopic (exact) mass is 398 g/mol. The second-order valence-electron chi connectivity index (χ2n) is 6.41. The Kier molecular flexibility index (Phi) is 5.94. The van der Waals surface area contributed by atoms with Crippen LogP contribution in [0.5, 0.6) is 0 Å². The molecule has 0 saturated carbocycles. The van der Waals surface area contributed by atoms with Crippen LogP contribution in [0.25, 0.3) is 6.08 Å². The molecule has 1 N–H and O–H groups in total. The molecule has 1 saturated heterocycles. The summed E-state index contributed by atoms with van der Waals surface area (Å²) in [6.07, 6.45) is 1.37. The third-order valence-corrected chi connectivity index (χ3v) is 5.36. The standard InChI is InChI=1S/C21H19FN2O3S/c1-13-7-8-16(11-14(13)2)19(25)23-9-10-24-20(26)18(28-21(24)27)12-15-5-3-4-6-17(15)22/h3-8,11-12H,9-10H2,1-2H3,(H,23,25)/b18-12-. The summed E-state index contributed by atoms with van der Waals surface area (Å²) in [6.45, 7) is 4.08. The number of carbonyl (C=O) groups excluding carboxylic acids is 3. The van der Waals surface area contributed by atoms with Crippen molar-refractivity contribution < 1.29 is 18.8 Å². The first-order chi connectivity index (χ1) is 13.4. The van der Waals surface area contributed by atoms with Crippen molar-refractivity contribution in [3.8, 4) is 0 Å². The number of thioether (sulfide) groups is 1.